The molecule has 0 fully saturated rings. The number of carbonyl (C=O) groups is 1. The summed E-state index contributed by atoms with van der Waals surface area (Å²) in [5.41, 5.74) is 3.17. The van der Waals surface area contributed by atoms with Gasteiger partial charge in [-0.1, -0.05) is 19.1 Å². The molecule has 0 radical (unpaired) electrons. The molecule has 1 aromatic carbocycles. The standard InChI is InChI=1S/C18H21N5O2/c1-3-14(11-24)21-17-7-8-18-19-10-16(23(18)22-17)13-5-4-6-15(9-13)20-12(2)25/h4-10,14,24H,3,11H2,1-2H3,(H,20,25)(H,21,22). The number of anilines is 2. The highest BCUT2D eigenvalue weighted by atomic mass is 16.3. The van der Waals surface area contributed by atoms with Crippen molar-refractivity contribution in [3.63, 3.8) is 0 Å². The third kappa shape index (κ3) is 3.77. The molecule has 1 unspecified atom stereocenters. The van der Waals surface area contributed by atoms with Crippen molar-refractivity contribution in [2.45, 2.75) is 26.3 Å². The molecule has 2 heterocycles. The van der Waals surface area contributed by atoms with Crippen LogP contribution in [0, 0.1) is 0 Å². The van der Waals surface area contributed by atoms with E-state index >= 15 is 0 Å². The normalized spacial score (nSPS) is 12.1. The highest BCUT2D eigenvalue weighted by molar-refractivity contribution is 5.89. The Morgan fingerprint density at radius 3 is 2.88 bits per heavy atom. The van der Waals surface area contributed by atoms with Crippen LogP contribution in [-0.4, -0.2) is 38.3 Å². The number of hydrogen-bond acceptors (Lipinski definition) is 5. The maximum absolute atomic E-state index is 11.3. The van der Waals surface area contributed by atoms with Crippen molar-refractivity contribution in [3.05, 3.63) is 42.6 Å². The zero-order valence-electron chi connectivity index (χ0n) is 14.2. The number of aliphatic hydroxyl groups excluding tert-OH is 1. The number of amides is 1. The molecule has 0 saturated carbocycles. The largest absolute Gasteiger partial charge is 0.394 e. The molecule has 1 amide bonds. The Hall–Kier alpha value is -2.93. The number of carbonyl (C=O) groups excluding carboxylic acids is 1. The average molecular weight is 339 g/mol. The van der Waals surface area contributed by atoms with Gasteiger partial charge in [0.15, 0.2) is 5.65 Å². The number of benzene rings is 1. The Morgan fingerprint density at radius 2 is 2.16 bits per heavy atom. The van der Waals surface area contributed by atoms with E-state index in [1.807, 2.05) is 43.3 Å². The third-order valence-corrected chi connectivity index (χ3v) is 3.91. The lowest BCUT2D eigenvalue weighted by molar-refractivity contribution is -0.114. The van der Waals surface area contributed by atoms with Gasteiger partial charge in [-0.25, -0.2) is 9.50 Å². The van der Waals surface area contributed by atoms with Gasteiger partial charge >= 0.3 is 0 Å². The minimum atomic E-state index is -0.116. The van der Waals surface area contributed by atoms with E-state index in [1.165, 1.54) is 6.92 Å². The summed E-state index contributed by atoms with van der Waals surface area (Å²) in [5, 5.41) is 19.9. The lowest BCUT2D eigenvalue weighted by atomic mass is 10.1. The van der Waals surface area contributed by atoms with E-state index in [-0.39, 0.29) is 18.6 Å². The molecule has 0 spiro atoms. The van der Waals surface area contributed by atoms with Crippen molar-refractivity contribution in [2.75, 3.05) is 17.2 Å². The first kappa shape index (κ1) is 16.9. The Balaban J connectivity index is 1.98. The highest BCUT2D eigenvalue weighted by Gasteiger charge is 2.11. The molecule has 7 heteroatoms. The van der Waals surface area contributed by atoms with E-state index in [4.69, 9.17) is 0 Å². The van der Waals surface area contributed by atoms with Crippen LogP contribution in [-0.2, 0) is 4.79 Å². The van der Waals surface area contributed by atoms with E-state index < -0.39 is 0 Å². The zero-order chi connectivity index (χ0) is 17.8. The van der Waals surface area contributed by atoms with Crippen molar-refractivity contribution in [3.8, 4) is 11.3 Å². The van der Waals surface area contributed by atoms with Crippen LogP contribution in [0.25, 0.3) is 16.9 Å². The van der Waals surface area contributed by atoms with Crippen LogP contribution in [0.1, 0.15) is 20.3 Å². The summed E-state index contributed by atoms with van der Waals surface area (Å²) in [4.78, 5) is 15.6. The summed E-state index contributed by atoms with van der Waals surface area (Å²) in [6, 6.07) is 11.2. The van der Waals surface area contributed by atoms with Gasteiger partial charge in [-0.05, 0) is 30.7 Å². The van der Waals surface area contributed by atoms with Gasteiger partial charge in [-0.3, -0.25) is 4.79 Å². The second-order valence-electron chi connectivity index (χ2n) is 5.83. The van der Waals surface area contributed by atoms with Crippen molar-refractivity contribution in [2.24, 2.45) is 0 Å². The van der Waals surface area contributed by atoms with Gasteiger partial charge < -0.3 is 15.7 Å². The zero-order valence-corrected chi connectivity index (χ0v) is 14.2. The smallest absolute Gasteiger partial charge is 0.221 e. The molecule has 0 bridgehead atoms. The minimum absolute atomic E-state index is 0.0417. The third-order valence-electron chi connectivity index (χ3n) is 3.91. The van der Waals surface area contributed by atoms with Gasteiger partial charge in [0.25, 0.3) is 0 Å². The molecule has 1 atom stereocenters. The molecule has 130 valence electrons. The first-order valence-corrected chi connectivity index (χ1v) is 8.21. The minimum Gasteiger partial charge on any atom is -0.394 e. The number of imidazole rings is 1. The van der Waals surface area contributed by atoms with Crippen molar-refractivity contribution in [1.82, 2.24) is 14.6 Å². The second-order valence-corrected chi connectivity index (χ2v) is 5.83. The first-order valence-electron chi connectivity index (χ1n) is 8.21. The van der Waals surface area contributed by atoms with Crippen molar-refractivity contribution >= 4 is 23.1 Å². The molecule has 0 aliphatic rings. The SMILES string of the molecule is CCC(CO)Nc1ccc2ncc(-c3cccc(NC(C)=O)c3)n2n1. The molecule has 3 rings (SSSR count). The van der Waals surface area contributed by atoms with Crippen molar-refractivity contribution in [1.29, 1.82) is 0 Å². The van der Waals surface area contributed by atoms with E-state index in [2.05, 4.69) is 20.7 Å². The number of aliphatic hydroxyl groups is 1. The van der Waals surface area contributed by atoms with Crippen LogP contribution in [0.3, 0.4) is 0 Å². The maximum atomic E-state index is 11.3. The topological polar surface area (TPSA) is 91.5 Å². The predicted molar refractivity (Wildman–Crippen MR) is 97.5 cm³/mol. The number of nitrogens with one attached hydrogen (secondary N) is 2. The fourth-order valence-corrected chi connectivity index (χ4v) is 2.59. The molecule has 2 aromatic heterocycles. The van der Waals surface area contributed by atoms with E-state index in [0.717, 1.165) is 29.0 Å². The molecule has 3 aromatic rings. The van der Waals surface area contributed by atoms with Gasteiger partial charge in [0.05, 0.1) is 24.5 Å². The predicted octanol–water partition coefficient (Wildman–Crippen LogP) is 2.54. The molecule has 0 saturated heterocycles. The summed E-state index contributed by atoms with van der Waals surface area (Å²) in [7, 11) is 0. The molecule has 7 nitrogen and oxygen atoms in total. The van der Waals surface area contributed by atoms with Gasteiger partial charge in [0.1, 0.15) is 5.82 Å². The lowest BCUT2D eigenvalue weighted by Crippen LogP contribution is -2.23. The van der Waals surface area contributed by atoms with Gasteiger partial charge in [-0.15, -0.1) is 5.10 Å². The fourth-order valence-electron chi connectivity index (χ4n) is 2.59. The molecule has 3 N–H and O–H groups in total. The van der Waals surface area contributed by atoms with Gasteiger partial charge in [-0.2, -0.15) is 0 Å². The van der Waals surface area contributed by atoms with Crippen LogP contribution in [0.5, 0.6) is 0 Å². The van der Waals surface area contributed by atoms with Crippen LogP contribution in [0.2, 0.25) is 0 Å². The fraction of sp³-hybridized carbons (Fsp3) is 0.278. The number of aromatic nitrogens is 3. The summed E-state index contributed by atoms with van der Waals surface area (Å²) in [6.07, 6.45) is 2.55. The quantitative estimate of drug-likeness (QED) is 0.642. The van der Waals surface area contributed by atoms with Crippen LogP contribution in [0.15, 0.2) is 42.6 Å². The Bertz CT molecular complexity index is 886. The molecular formula is C18H21N5O2. The van der Waals surface area contributed by atoms with Gasteiger partial charge in [0, 0.05) is 18.2 Å². The number of hydrogen-bond donors (Lipinski definition) is 3. The summed E-state index contributed by atoms with van der Waals surface area (Å²) in [5.74, 6) is 0.556. The molecule has 0 aliphatic heterocycles. The van der Waals surface area contributed by atoms with Crippen molar-refractivity contribution < 1.29 is 9.90 Å². The van der Waals surface area contributed by atoms with Crippen LogP contribution in [0.4, 0.5) is 11.5 Å². The van der Waals surface area contributed by atoms with E-state index in [1.54, 1.807) is 10.7 Å². The number of rotatable bonds is 6. The molecule has 0 aliphatic carbocycles. The lowest BCUT2D eigenvalue weighted by Gasteiger charge is -2.14. The monoisotopic (exact) mass is 339 g/mol. The summed E-state index contributed by atoms with van der Waals surface area (Å²) in [6.45, 7) is 3.53. The Kier molecular flexibility index (Phi) is 4.95. The van der Waals surface area contributed by atoms with Gasteiger partial charge in [0.2, 0.25) is 5.91 Å². The number of nitrogens with zero attached hydrogens (tertiary/aromatic N) is 3. The summed E-state index contributed by atoms with van der Waals surface area (Å²) >= 11 is 0. The summed E-state index contributed by atoms with van der Waals surface area (Å²) < 4.78 is 1.75. The highest BCUT2D eigenvalue weighted by Crippen LogP contribution is 2.24. The Labute approximate surface area is 145 Å². The average Bonchev–Trinajstić information content (AvgIpc) is 3.02. The van der Waals surface area contributed by atoms with Crippen LogP contribution < -0.4 is 10.6 Å². The van der Waals surface area contributed by atoms with E-state index in [9.17, 15) is 9.90 Å². The molecular weight excluding hydrogens is 318 g/mol. The Morgan fingerprint density at radius 1 is 1.32 bits per heavy atom. The van der Waals surface area contributed by atoms with Crippen LogP contribution >= 0.6 is 0 Å². The second kappa shape index (κ2) is 7.31. The maximum Gasteiger partial charge on any atom is 0.221 e. The number of fused-ring (bicyclic) bond motifs is 1. The first-order chi connectivity index (χ1) is 12.1. The molecule has 25 heavy (non-hydrogen) atoms. The van der Waals surface area contributed by atoms with E-state index in [0.29, 0.717) is 5.82 Å².